The van der Waals surface area contributed by atoms with E-state index < -0.39 is 47.5 Å². The molecule has 8 heteroatoms. The molecule has 0 saturated heterocycles. The largest absolute Gasteiger partial charge is 0.465 e. The summed E-state index contributed by atoms with van der Waals surface area (Å²) >= 11 is 0. The maximum absolute atomic E-state index is 12.7. The summed E-state index contributed by atoms with van der Waals surface area (Å²) in [4.78, 5) is 50.7. The third-order valence-electron chi connectivity index (χ3n) is 4.99. The molecule has 4 atom stereocenters. The predicted octanol–water partition coefficient (Wildman–Crippen LogP) is 3.06. The van der Waals surface area contributed by atoms with Crippen LogP contribution in [0.15, 0.2) is 0 Å². The fraction of sp³-hybridized carbons (Fsp3) is 0.818. The first-order valence-corrected chi connectivity index (χ1v) is 11.1. The van der Waals surface area contributed by atoms with E-state index in [9.17, 15) is 19.2 Å². The molecule has 0 amide bonds. The monoisotopic (exact) mass is 428 g/mol. The van der Waals surface area contributed by atoms with E-state index in [1.54, 1.807) is 0 Å². The highest BCUT2D eigenvalue weighted by atomic mass is 16.5. The number of hydrogen-bond donors (Lipinski definition) is 0. The molecule has 0 heterocycles. The van der Waals surface area contributed by atoms with Gasteiger partial charge >= 0.3 is 23.9 Å². The molecule has 1 aliphatic carbocycles. The standard InChI is InChI=1S/C22H36O8/c1-5-9-27-19(23)15-13-17(21(25)29-11-7-3)18(22(26)30-12-8-4)14-16(15)20(24)28-10-6-2/h15-18H,5-14H2,1-4H3. The average molecular weight is 429 g/mol. The molecule has 0 aromatic rings. The normalized spacial score (nSPS) is 23.3. The molecule has 0 aliphatic heterocycles. The molecule has 0 aromatic carbocycles. The molecule has 0 N–H and O–H groups in total. The van der Waals surface area contributed by atoms with Gasteiger partial charge in [-0.1, -0.05) is 27.7 Å². The molecule has 0 radical (unpaired) electrons. The smallest absolute Gasteiger partial charge is 0.309 e. The lowest BCUT2D eigenvalue weighted by molar-refractivity contribution is -0.175. The average Bonchev–Trinajstić information content (AvgIpc) is 2.76. The van der Waals surface area contributed by atoms with E-state index >= 15 is 0 Å². The number of hydrogen-bond acceptors (Lipinski definition) is 8. The number of carbonyl (C=O) groups is 4. The van der Waals surface area contributed by atoms with Crippen molar-refractivity contribution in [2.75, 3.05) is 26.4 Å². The second-order valence-electron chi connectivity index (χ2n) is 7.57. The molecule has 1 aliphatic rings. The lowest BCUT2D eigenvalue weighted by atomic mass is 9.68. The molecular formula is C22H36O8. The zero-order valence-electron chi connectivity index (χ0n) is 18.6. The number of rotatable bonds is 12. The maximum atomic E-state index is 12.7. The van der Waals surface area contributed by atoms with Crippen molar-refractivity contribution in [3.05, 3.63) is 0 Å². The van der Waals surface area contributed by atoms with Gasteiger partial charge in [0.25, 0.3) is 0 Å². The minimum absolute atomic E-state index is 0.0110. The van der Waals surface area contributed by atoms with Crippen molar-refractivity contribution in [2.45, 2.75) is 66.2 Å². The Labute approximate surface area is 178 Å². The lowest BCUT2D eigenvalue weighted by Gasteiger charge is -2.36. The predicted molar refractivity (Wildman–Crippen MR) is 108 cm³/mol. The summed E-state index contributed by atoms with van der Waals surface area (Å²) in [5.41, 5.74) is 0. The van der Waals surface area contributed by atoms with E-state index in [4.69, 9.17) is 18.9 Å². The van der Waals surface area contributed by atoms with Crippen LogP contribution in [-0.4, -0.2) is 50.3 Å². The van der Waals surface area contributed by atoms with E-state index in [1.807, 2.05) is 27.7 Å². The Morgan fingerprint density at radius 2 is 0.700 bits per heavy atom. The summed E-state index contributed by atoms with van der Waals surface area (Å²) in [5, 5.41) is 0. The van der Waals surface area contributed by atoms with Gasteiger partial charge in [-0.2, -0.15) is 0 Å². The number of esters is 4. The maximum Gasteiger partial charge on any atom is 0.309 e. The van der Waals surface area contributed by atoms with Crippen LogP contribution in [0.3, 0.4) is 0 Å². The minimum Gasteiger partial charge on any atom is -0.465 e. The summed E-state index contributed by atoms with van der Waals surface area (Å²) in [6.07, 6.45) is 2.52. The van der Waals surface area contributed by atoms with Gasteiger partial charge in [0.1, 0.15) is 0 Å². The molecule has 0 bridgehead atoms. The molecule has 30 heavy (non-hydrogen) atoms. The SMILES string of the molecule is CCCOC(=O)C1CC(C(=O)OCCC)C(C(=O)OCCC)CC1C(=O)OCCC. The summed E-state index contributed by atoms with van der Waals surface area (Å²) in [7, 11) is 0. The Morgan fingerprint density at radius 1 is 0.500 bits per heavy atom. The second kappa shape index (κ2) is 14.0. The Hall–Kier alpha value is -2.12. The highest BCUT2D eigenvalue weighted by molar-refractivity contribution is 5.87. The van der Waals surface area contributed by atoms with Gasteiger partial charge in [0.15, 0.2) is 0 Å². The van der Waals surface area contributed by atoms with Crippen LogP contribution in [0.2, 0.25) is 0 Å². The Bertz CT molecular complexity index is 475. The Morgan fingerprint density at radius 3 is 0.867 bits per heavy atom. The van der Waals surface area contributed by atoms with Crippen LogP contribution in [-0.2, 0) is 38.1 Å². The molecule has 0 spiro atoms. The van der Waals surface area contributed by atoms with Crippen molar-refractivity contribution in [1.82, 2.24) is 0 Å². The van der Waals surface area contributed by atoms with E-state index in [1.165, 1.54) is 0 Å². The van der Waals surface area contributed by atoms with Crippen molar-refractivity contribution in [3.8, 4) is 0 Å². The van der Waals surface area contributed by atoms with E-state index in [-0.39, 0.29) is 39.3 Å². The fourth-order valence-electron chi connectivity index (χ4n) is 3.48. The topological polar surface area (TPSA) is 105 Å². The third-order valence-corrected chi connectivity index (χ3v) is 4.99. The minimum atomic E-state index is -0.865. The summed E-state index contributed by atoms with van der Waals surface area (Å²) in [6, 6.07) is 0. The van der Waals surface area contributed by atoms with Crippen LogP contribution in [0, 0.1) is 23.7 Å². The Kier molecular flexibility index (Phi) is 12.1. The molecule has 0 aromatic heterocycles. The van der Waals surface area contributed by atoms with Crippen LogP contribution in [0.5, 0.6) is 0 Å². The van der Waals surface area contributed by atoms with Crippen molar-refractivity contribution in [3.63, 3.8) is 0 Å². The number of carbonyl (C=O) groups excluding carboxylic acids is 4. The molecule has 1 saturated carbocycles. The fourth-order valence-corrected chi connectivity index (χ4v) is 3.48. The molecule has 4 unspecified atom stereocenters. The summed E-state index contributed by atoms with van der Waals surface area (Å²) in [5.74, 6) is -5.67. The van der Waals surface area contributed by atoms with Crippen molar-refractivity contribution in [1.29, 1.82) is 0 Å². The van der Waals surface area contributed by atoms with Crippen LogP contribution in [0.4, 0.5) is 0 Å². The highest BCUT2D eigenvalue weighted by Crippen LogP contribution is 2.41. The molecule has 8 nitrogen and oxygen atoms in total. The van der Waals surface area contributed by atoms with E-state index in [2.05, 4.69) is 0 Å². The zero-order valence-corrected chi connectivity index (χ0v) is 18.6. The van der Waals surface area contributed by atoms with Crippen LogP contribution in [0.25, 0.3) is 0 Å². The van der Waals surface area contributed by atoms with Gasteiger partial charge in [0, 0.05) is 0 Å². The van der Waals surface area contributed by atoms with Gasteiger partial charge in [-0.3, -0.25) is 19.2 Å². The first-order valence-electron chi connectivity index (χ1n) is 11.1. The van der Waals surface area contributed by atoms with Gasteiger partial charge in [-0.05, 0) is 38.5 Å². The third kappa shape index (κ3) is 7.61. The Balaban J connectivity index is 3.15. The van der Waals surface area contributed by atoms with Crippen LogP contribution in [0.1, 0.15) is 66.2 Å². The highest BCUT2D eigenvalue weighted by Gasteiger charge is 2.51. The van der Waals surface area contributed by atoms with Crippen LogP contribution >= 0.6 is 0 Å². The molecule has 172 valence electrons. The van der Waals surface area contributed by atoms with Gasteiger partial charge in [-0.15, -0.1) is 0 Å². The van der Waals surface area contributed by atoms with Crippen LogP contribution < -0.4 is 0 Å². The summed E-state index contributed by atoms with van der Waals surface area (Å²) in [6.45, 7) is 8.35. The van der Waals surface area contributed by atoms with Gasteiger partial charge in [-0.25, -0.2) is 0 Å². The zero-order chi connectivity index (χ0) is 22.5. The molecule has 1 rings (SSSR count). The first kappa shape index (κ1) is 25.9. The van der Waals surface area contributed by atoms with E-state index in [0.29, 0.717) is 25.7 Å². The lowest BCUT2D eigenvalue weighted by Crippen LogP contribution is -2.46. The van der Waals surface area contributed by atoms with Gasteiger partial charge in [0.2, 0.25) is 0 Å². The first-order chi connectivity index (χ1) is 14.4. The quantitative estimate of drug-likeness (QED) is 0.345. The van der Waals surface area contributed by atoms with Gasteiger partial charge in [0.05, 0.1) is 50.1 Å². The van der Waals surface area contributed by atoms with Gasteiger partial charge < -0.3 is 18.9 Å². The second-order valence-corrected chi connectivity index (χ2v) is 7.57. The van der Waals surface area contributed by atoms with Crippen molar-refractivity contribution >= 4 is 23.9 Å². The van der Waals surface area contributed by atoms with Crippen molar-refractivity contribution in [2.24, 2.45) is 23.7 Å². The van der Waals surface area contributed by atoms with Crippen molar-refractivity contribution < 1.29 is 38.1 Å². The summed E-state index contributed by atoms with van der Waals surface area (Å²) < 4.78 is 21.1. The molecule has 1 fully saturated rings. The number of ether oxygens (including phenoxy) is 4. The molecular weight excluding hydrogens is 392 g/mol. The van der Waals surface area contributed by atoms with E-state index in [0.717, 1.165) is 0 Å².